The summed E-state index contributed by atoms with van der Waals surface area (Å²) in [5.74, 6) is -0.326. The molecule has 2 aromatic rings. The van der Waals surface area contributed by atoms with Crippen LogP contribution < -0.4 is 5.32 Å². The summed E-state index contributed by atoms with van der Waals surface area (Å²) in [6.07, 6.45) is 2.18. The molecular weight excluding hydrogens is 346 g/mol. The van der Waals surface area contributed by atoms with Crippen molar-refractivity contribution >= 4 is 11.8 Å². The number of amides is 2. The maximum Gasteiger partial charge on any atom is 0.270 e. The predicted molar refractivity (Wildman–Crippen MR) is 99.1 cm³/mol. The fraction of sp³-hybridized carbons (Fsp3) is 0.474. The first-order valence-corrected chi connectivity index (χ1v) is 9.14. The van der Waals surface area contributed by atoms with Crippen LogP contribution in [0.5, 0.6) is 0 Å². The molecule has 1 aliphatic rings. The predicted octanol–water partition coefficient (Wildman–Crippen LogP) is 0.746. The number of aromatic nitrogens is 3. The van der Waals surface area contributed by atoms with Crippen molar-refractivity contribution in [1.29, 1.82) is 0 Å². The lowest BCUT2D eigenvalue weighted by atomic mass is 10.0. The van der Waals surface area contributed by atoms with Crippen LogP contribution in [0.3, 0.4) is 0 Å². The number of nitrogens with one attached hydrogen (secondary N) is 2. The number of hydrogen-bond donors (Lipinski definition) is 3. The van der Waals surface area contributed by atoms with Gasteiger partial charge in [0.25, 0.3) is 5.91 Å². The van der Waals surface area contributed by atoms with Gasteiger partial charge < -0.3 is 15.3 Å². The van der Waals surface area contributed by atoms with E-state index in [0.29, 0.717) is 31.5 Å². The Labute approximate surface area is 158 Å². The highest BCUT2D eigenvalue weighted by atomic mass is 16.3. The number of nitrogens with zero attached hydrogens (tertiary/aromatic N) is 3. The number of hydrogen-bond acceptors (Lipinski definition) is 5. The van der Waals surface area contributed by atoms with E-state index in [9.17, 15) is 14.7 Å². The molecule has 2 atom stereocenters. The van der Waals surface area contributed by atoms with E-state index in [1.54, 1.807) is 29.3 Å². The lowest BCUT2D eigenvalue weighted by molar-refractivity contribution is -0.134. The normalized spacial score (nSPS) is 19.7. The molecule has 3 heterocycles. The molecule has 0 bridgehead atoms. The minimum atomic E-state index is -0.801. The zero-order valence-corrected chi connectivity index (χ0v) is 15.6. The van der Waals surface area contributed by atoms with Crippen LogP contribution in [0, 0.1) is 13.8 Å². The van der Waals surface area contributed by atoms with Crippen LogP contribution in [0.25, 0.3) is 0 Å². The standard InChI is InChI=1S/C19H25N5O3/c1-12-13(2)22-23-14(12)6-7-18(26)24-10-8-15(17(25)11-24)21-19(27)16-5-3-4-9-20-16/h3-5,9,15,17,25H,6-8,10-11H2,1-2H3,(H,21,27)(H,22,23)/t15-,17-/m1/s1. The van der Waals surface area contributed by atoms with E-state index in [2.05, 4.69) is 20.5 Å². The number of likely N-dealkylation sites (tertiary alicyclic amines) is 1. The molecule has 2 aromatic heterocycles. The van der Waals surface area contributed by atoms with Gasteiger partial charge in [-0.1, -0.05) is 6.07 Å². The number of aliphatic hydroxyl groups is 1. The lowest BCUT2D eigenvalue weighted by Crippen LogP contribution is -2.55. The highest BCUT2D eigenvalue weighted by molar-refractivity contribution is 5.92. The maximum atomic E-state index is 12.5. The minimum Gasteiger partial charge on any atom is -0.389 e. The third-order valence-corrected chi connectivity index (χ3v) is 5.08. The van der Waals surface area contributed by atoms with Gasteiger partial charge in [0.05, 0.1) is 17.8 Å². The van der Waals surface area contributed by atoms with Gasteiger partial charge in [0.1, 0.15) is 5.69 Å². The third-order valence-electron chi connectivity index (χ3n) is 5.08. The van der Waals surface area contributed by atoms with Crippen molar-refractivity contribution in [2.45, 2.75) is 45.3 Å². The summed E-state index contributed by atoms with van der Waals surface area (Å²) in [5.41, 5.74) is 3.31. The largest absolute Gasteiger partial charge is 0.389 e. The summed E-state index contributed by atoms with van der Waals surface area (Å²) >= 11 is 0. The summed E-state index contributed by atoms with van der Waals surface area (Å²) in [4.78, 5) is 30.3. The summed E-state index contributed by atoms with van der Waals surface area (Å²) in [6, 6.07) is 4.71. The van der Waals surface area contributed by atoms with Crippen LogP contribution in [0.2, 0.25) is 0 Å². The number of rotatable bonds is 5. The number of aliphatic hydroxyl groups excluding tert-OH is 1. The van der Waals surface area contributed by atoms with E-state index in [0.717, 1.165) is 17.0 Å². The Kier molecular flexibility index (Phi) is 5.85. The topological polar surface area (TPSA) is 111 Å². The highest BCUT2D eigenvalue weighted by Gasteiger charge is 2.31. The number of pyridine rings is 1. The van der Waals surface area contributed by atoms with Gasteiger partial charge in [-0.15, -0.1) is 0 Å². The van der Waals surface area contributed by atoms with Gasteiger partial charge in [0, 0.05) is 37.8 Å². The summed E-state index contributed by atoms with van der Waals surface area (Å²) < 4.78 is 0. The average molecular weight is 371 g/mol. The van der Waals surface area contributed by atoms with E-state index in [1.165, 1.54) is 0 Å². The van der Waals surface area contributed by atoms with Gasteiger partial charge in [-0.2, -0.15) is 5.10 Å². The molecule has 144 valence electrons. The van der Waals surface area contributed by atoms with Crippen molar-refractivity contribution in [3.63, 3.8) is 0 Å². The molecular formula is C19H25N5O3. The van der Waals surface area contributed by atoms with Crippen molar-refractivity contribution in [2.24, 2.45) is 0 Å². The number of aromatic amines is 1. The Balaban J connectivity index is 1.49. The van der Waals surface area contributed by atoms with Crippen LogP contribution in [-0.4, -0.2) is 62.2 Å². The number of piperidine rings is 1. The van der Waals surface area contributed by atoms with Gasteiger partial charge in [-0.3, -0.25) is 19.7 Å². The molecule has 1 aliphatic heterocycles. The summed E-state index contributed by atoms with van der Waals surface area (Å²) in [7, 11) is 0. The Morgan fingerprint density at radius 2 is 2.19 bits per heavy atom. The first-order chi connectivity index (χ1) is 13.0. The van der Waals surface area contributed by atoms with Crippen LogP contribution in [0.4, 0.5) is 0 Å². The fourth-order valence-corrected chi connectivity index (χ4v) is 3.23. The fourth-order valence-electron chi connectivity index (χ4n) is 3.23. The molecule has 0 aromatic carbocycles. The number of β-amino-alcohol motifs (C(OH)–C–C–N with tert-alkyl or cyclic N) is 1. The summed E-state index contributed by atoms with van der Waals surface area (Å²) in [5, 5.41) is 20.3. The van der Waals surface area contributed by atoms with Gasteiger partial charge in [-0.25, -0.2) is 0 Å². The van der Waals surface area contributed by atoms with Gasteiger partial charge in [0.15, 0.2) is 0 Å². The molecule has 1 fully saturated rings. The Hall–Kier alpha value is -2.74. The maximum absolute atomic E-state index is 12.5. The van der Waals surface area contributed by atoms with E-state index < -0.39 is 6.10 Å². The van der Waals surface area contributed by atoms with Crippen molar-refractivity contribution in [1.82, 2.24) is 25.4 Å². The number of H-pyrrole nitrogens is 1. The molecule has 2 amide bonds. The number of aryl methyl sites for hydroxylation is 2. The van der Waals surface area contributed by atoms with Crippen LogP contribution >= 0.6 is 0 Å². The Bertz CT molecular complexity index is 805. The van der Waals surface area contributed by atoms with Crippen molar-refractivity contribution in [2.75, 3.05) is 13.1 Å². The third kappa shape index (κ3) is 4.51. The molecule has 0 unspecified atom stereocenters. The average Bonchev–Trinajstić information content (AvgIpc) is 3.00. The number of carbonyl (C=O) groups is 2. The molecule has 8 heteroatoms. The zero-order valence-electron chi connectivity index (χ0n) is 15.6. The Morgan fingerprint density at radius 1 is 1.37 bits per heavy atom. The lowest BCUT2D eigenvalue weighted by Gasteiger charge is -2.36. The smallest absolute Gasteiger partial charge is 0.270 e. The molecule has 0 spiro atoms. The van der Waals surface area contributed by atoms with Crippen molar-refractivity contribution in [3.8, 4) is 0 Å². The molecule has 0 aliphatic carbocycles. The second kappa shape index (κ2) is 8.30. The second-order valence-electron chi connectivity index (χ2n) is 6.91. The van der Waals surface area contributed by atoms with Gasteiger partial charge in [0.2, 0.25) is 5.91 Å². The molecule has 0 radical (unpaired) electrons. The van der Waals surface area contributed by atoms with Crippen LogP contribution in [0.1, 0.15) is 40.3 Å². The minimum absolute atomic E-state index is 0.0106. The molecule has 1 saturated heterocycles. The molecule has 3 N–H and O–H groups in total. The van der Waals surface area contributed by atoms with Crippen molar-refractivity contribution < 1.29 is 14.7 Å². The van der Waals surface area contributed by atoms with Gasteiger partial charge in [-0.05, 0) is 38.0 Å². The Morgan fingerprint density at radius 3 is 2.81 bits per heavy atom. The van der Waals surface area contributed by atoms with E-state index >= 15 is 0 Å². The van der Waals surface area contributed by atoms with E-state index in [-0.39, 0.29) is 24.4 Å². The van der Waals surface area contributed by atoms with Crippen LogP contribution in [-0.2, 0) is 11.2 Å². The monoisotopic (exact) mass is 371 g/mol. The molecule has 27 heavy (non-hydrogen) atoms. The van der Waals surface area contributed by atoms with Crippen LogP contribution in [0.15, 0.2) is 24.4 Å². The van der Waals surface area contributed by atoms with Crippen molar-refractivity contribution in [3.05, 3.63) is 47.0 Å². The zero-order chi connectivity index (χ0) is 19.4. The first kappa shape index (κ1) is 19.0. The first-order valence-electron chi connectivity index (χ1n) is 9.14. The van der Waals surface area contributed by atoms with E-state index in [1.807, 2.05) is 13.8 Å². The molecule has 3 rings (SSSR count). The summed E-state index contributed by atoms with van der Waals surface area (Å²) in [6.45, 7) is 4.65. The van der Waals surface area contributed by atoms with E-state index in [4.69, 9.17) is 0 Å². The quantitative estimate of drug-likeness (QED) is 0.718. The molecule has 8 nitrogen and oxygen atoms in total. The second-order valence-corrected chi connectivity index (χ2v) is 6.91. The number of carbonyl (C=O) groups excluding carboxylic acids is 2. The highest BCUT2D eigenvalue weighted by Crippen LogP contribution is 2.15. The van der Waals surface area contributed by atoms with Gasteiger partial charge >= 0.3 is 0 Å². The SMILES string of the molecule is Cc1[nH]nc(CCC(=O)N2CC[C@@H](NC(=O)c3ccccn3)[C@H](O)C2)c1C. The molecule has 0 saturated carbocycles.